The van der Waals surface area contributed by atoms with Crippen LogP contribution in [-0.2, 0) is 9.47 Å². The predicted octanol–water partition coefficient (Wildman–Crippen LogP) is 1.06. The fraction of sp³-hybridized carbons (Fsp3) is 1.00. The Morgan fingerprint density at radius 3 is 2.23 bits per heavy atom. The molecule has 0 amide bonds. The van der Waals surface area contributed by atoms with Crippen molar-refractivity contribution in [3.05, 3.63) is 0 Å². The van der Waals surface area contributed by atoms with Crippen LogP contribution in [0.1, 0.15) is 13.8 Å². The third-order valence-corrected chi connectivity index (χ3v) is 2.90. The Labute approximate surface area is 83.9 Å². The highest BCUT2D eigenvalue weighted by molar-refractivity contribution is 6.21. The number of hydrogen-bond acceptors (Lipinski definition) is 3. The summed E-state index contributed by atoms with van der Waals surface area (Å²) in [6.07, 6.45) is 0. The SMILES string of the molecule is CC1(C)OCC(N2CC(Cl)C2)CO1. The normalized spacial score (nSPS) is 31.6. The van der Waals surface area contributed by atoms with Crippen molar-refractivity contribution in [3.8, 4) is 0 Å². The maximum Gasteiger partial charge on any atom is 0.162 e. The summed E-state index contributed by atoms with van der Waals surface area (Å²) in [4.78, 5) is 2.31. The molecule has 3 nitrogen and oxygen atoms in total. The molecular weight excluding hydrogens is 190 g/mol. The van der Waals surface area contributed by atoms with Gasteiger partial charge in [0.15, 0.2) is 5.79 Å². The van der Waals surface area contributed by atoms with Gasteiger partial charge in [0, 0.05) is 13.1 Å². The Kier molecular flexibility index (Phi) is 2.53. The summed E-state index contributed by atoms with van der Waals surface area (Å²) >= 11 is 5.90. The maximum absolute atomic E-state index is 5.90. The van der Waals surface area contributed by atoms with Gasteiger partial charge in [-0.2, -0.15) is 0 Å². The lowest BCUT2D eigenvalue weighted by Gasteiger charge is -2.45. The molecule has 0 bridgehead atoms. The molecule has 2 rings (SSSR count). The van der Waals surface area contributed by atoms with Crippen LogP contribution in [0.3, 0.4) is 0 Å². The lowest BCUT2D eigenvalue weighted by molar-refractivity contribution is -0.266. The standard InChI is InChI=1S/C9H16ClNO2/c1-9(2)12-5-8(6-13-9)11-3-7(10)4-11/h7-8H,3-6H2,1-2H3. The van der Waals surface area contributed by atoms with Crippen molar-refractivity contribution in [1.82, 2.24) is 4.90 Å². The van der Waals surface area contributed by atoms with Crippen molar-refractivity contribution in [2.24, 2.45) is 0 Å². The number of ether oxygens (including phenoxy) is 2. The molecule has 2 aliphatic rings. The summed E-state index contributed by atoms with van der Waals surface area (Å²) in [7, 11) is 0. The molecule has 2 aliphatic heterocycles. The van der Waals surface area contributed by atoms with Crippen molar-refractivity contribution >= 4 is 11.6 Å². The van der Waals surface area contributed by atoms with Gasteiger partial charge in [0.05, 0.1) is 24.6 Å². The number of halogens is 1. The quantitative estimate of drug-likeness (QED) is 0.598. The van der Waals surface area contributed by atoms with E-state index in [1.54, 1.807) is 0 Å². The van der Waals surface area contributed by atoms with Gasteiger partial charge in [0.2, 0.25) is 0 Å². The van der Waals surface area contributed by atoms with Crippen LogP contribution in [0, 0.1) is 0 Å². The molecule has 13 heavy (non-hydrogen) atoms. The molecule has 2 saturated heterocycles. The van der Waals surface area contributed by atoms with Gasteiger partial charge in [0.1, 0.15) is 0 Å². The zero-order chi connectivity index (χ0) is 9.47. The van der Waals surface area contributed by atoms with Gasteiger partial charge in [-0.15, -0.1) is 11.6 Å². The summed E-state index contributed by atoms with van der Waals surface area (Å²) in [5.74, 6) is -0.401. The van der Waals surface area contributed by atoms with Gasteiger partial charge in [-0.05, 0) is 13.8 Å². The molecule has 2 heterocycles. The fourth-order valence-corrected chi connectivity index (χ4v) is 2.00. The third-order valence-electron chi connectivity index (χ3n) is 2.63. The fourth-order valence-electron chi connectivity index (χ4n) is 1.65. The van der Waals surface area contributed by atoms with Crippen molar-refractivity contribution < 1.29 is 9.47 Å². The Morgan fingerprint density at radius 2 is 1.77 bits per heavy atom. The molecule has 0 atom stereocenters. The van der Waals surface area contributed by atoms with E-state index in [2.05, 4.69) is 4.90 Å². The van der Waals surface area contributed by atoms with Crippen LogP contribution in [0.5, 0.6) is 0 Å². The molecule has 76 valence electrons. The van der Waals surface area contributed by atoms with Gasteiger partial charge in [-0.3, -0.25) is 4.90 Å². The highest BCUT2D eigenvalue weighted by Gasteiger charge is 2.36. The van der Waals surface area contributed by atoms with Crippen LogP contribution < -0.4 is 0 Å². The van der Waals surface area contributed by atoms with E-state index < -0.39 is 5.79 Å². The summed E-state index contributed by atoms with van der Waals surface area (Å²) in [6, 6.07) is 0.406. The van der Waals surface area contributed by atoms with Gasteiger partial charge in [0.25, 0.3) is 0 Å². The summed E-state index contributed by atoms with van der Waals surface area (Å²) in [5.41, 5.74) is 0. The molecule has 0 unspecified atom stereocenters. The van der Waals surface area contributed by atoms with E-state index in [0.29, 0.717) is 11.4 Å². The van der Waals surface area contributed by atoms with Crippen LogP contribution >= 0.6 is 11.6 Å². The van der Waals surface area contributed by atoms with E-state index in [1.165, 1.54) is 0 Å². The van der Waals surface area contributed by atoms with Crippen molar-refractivity contribution in [3.63, 3.8) is 0 Å². The predicted molar refractivity (Wildman–Crippen MR) is 51.0 cm³/mol. The van der Waals surface area contributed by atoms with E-state index in [0.717, 1.165) is 26.3 Å². The number of nitrogens with zero attached hydrogens (tertiary/aromatic N) is 1. The molecule has 0 aromatic heterocycles. The Bertz CT molecular complexity index is 182. The minimum absolute atomic E-state index is 0.329. The summed E-state index contributed by atoms with van der Waals surface area (Å²) in [5, 5.41) is 0.329. The number of alkyl halides is 1. The Balaban J connectivity index is 1.79. The first-order valence-electron chi connectivity index (χ1n) is 4.73. The molecule has 0 aromatic carbocycles. The highest BCUT2D eigenvalue weighted by Crippen LogP contribution is 2.24. The first-order chi connectivity index (χ1) is 6.07. The first kappa shape index (κ1) is 9.71. The molecule has 2 fully saturated rings. The molecule has 0 N–H and O–H groups in total. The van der Waals surface area contributed by atoms with Gasteiger partial charge < -0.3 is 9.47 Å². The second kappa shape index (κ2) is 3.39. The lowest BCUT2D eigenvalue weighted by atomic mass is 10.1. The van der Waals surface area contributed by atoms with Crippen LogP contribution in [0.15, 0.2) is 0 Å². The first-order valence-corrected chi connectivity index (χ1v) is 5.16. The molecule has 0 aliphatic carbocycles. The minimum atomic E-state index is -0.401. The molecule has 0 saturated carbocycles. The van der Waals surface area contributed by atoms with Crippen LogP contribution in [0.4, 0.5) is 0 Å². The molecule has 4 heteroatoms. The van der Waals surface area contributed by atoms with Crippen LogP contribution in [0.2, 0.25) is 0 Å². The minimum Gasteiger partial charge on any atom is -0.349 e. The average molecular weight is 206 g/mol. The van der Waals surface area contributed by atoms with E-state index in [9.17, 15) is 0 Å². The second-order valence-electron chi connectivity index (χ2n) is 4.23. The van der Waals surface area contributed by atoms with E-state index in [1.807, 2.05) is 13.8 Å². The van der Waals surface area contributed by atoms with Crippen molar-refractivity contribution in [1.29, 1.82) is 0 Å². The van der Waals surface area contributed by atoms with E-state index >= 15 is 0 Å². The topological polar surface area (TPSA) is 21.7 Å². The van der Waals surface area contributed by atoms with Crippen LogP contribution in [-0.4, -0.2) is 48.4 Å². The van der Waals surface area contributed by atoms with E-state index in [4.69, 9.17) is 21.1 Å². The summed E-state index contributed by atoms with van der Waals surface area (Å²) in [6.45, 7) is 7.36. The molecule has 0 spiro atoms. The highest BCUT2D eigenvalue weighted by atomic mass is 35.5. The second-order valence-corrected chi connectivity index (χ2v) is 4.84. The average Bonchev–Trinajstić information content (AvgIpc) is 2.00. The molecule has 0 aromatic rings. The Hall–Kier alpha value is 0.170. The zero-order valence-corrected chi connectivity index (χ0v) is 8.88. The van der Waals surface area contributed by atoms with Crippen molar-refractivity contribution in [2.45, 2.75) is 31.1 Å². The third kappa shape index (κ3) is 2.15. The molecular formula is C9H16ClNO2. The number of hydrogen-bond donors (Lipinski definition) is 0. The smallest absolute Gasteiger partial charge is 0.162 e. The Morgan fingerprint density at radius 1 is 1.23 bits per heavy atom. The van der Waals surface area contributed by atoms with E-state index in [-0.39, 0.29) is 0 Å². The number of rotatable bonds is 1. The largest absolute Gasteiger partial charge is 0.349 e. The number of likely N-dealkylation sites (tertiary alicyclic amines) is 1. The van der Waals surface area contributed by atoms with Gasteiger partial charge in [-0.1, -0.05) is 0 Å². The monoisotopic (exact) mass is 205 g/mol. The molecule has 0 radical (unpaired) electrons. The maximum atomic E-state index is 5.90. The van der Waals surface area contributed by atoms with Crippen LogP contribution in [0.25, 0.3) is 0 Å². The summed E-state index contributed by atoms with van der Waals surface area (Å²) < 4.78 is 11.1. The van der Waals surface area contributed by atoms with Gasteiger partial charge in [-0.25, -0.2) is 0 Å². The van der Waals surface area contributed by atoms with Gasteiger partial charge >= 0.3 is 0 Å². The zero-order valence-electron chi connectivity index (χ0n) is 8.12. The lowest BCUT2D eigenvalue weighted by Crippen LogP contribution is -2.59. The van der Waals surface area contributed by atoms with Crippen molar-refractivity contribution in [2.75, 3.05) is 26.3 Å².